The number of amides is 1. The number of hydroxylamine groups is 2. The first kappa shape index (κ1) is 11.4. The molecule has 1 aromatic heterocycles. The number of pyridine rings is 1. The predicted octanol–water partition coefficient (Wildman–Crippen LogP) is 2.13. The molecule has 1 aromatic rings. The average Bonchev–Trinajstić information content (AvgIpc) is 2.20. The average molecular weight is 280 g/mol. The maximum Gasteiger partial charge on any atom is 0.295 e. The van der Waals surface area contributed by atoms with Gasteiger partial charge < -0.3 is 0 Å². The topological polar surface area (TPSA) is 42.4 Å². The molecule has 0 radical (unpaired) electrons. The van der Waals surface area contributed by atoms with Crippen molar-refractivity contribution in [1.29, 1.82) is 0 Å². The van der Waals surface area contributed by atoms with Gasteiger partial charge in [0.2, 0.25) is 0 Å². The SMILES string of the molecule is CON(C)C(=O)c1ccc(Br)c(Cl)n1. The number of rotatable bonds is 2. The van der Waals surface area contributed by atoms with Crippen molar-refractivity contribution in [3.05, 3.63) is 27.5 Å². The van der Waals surface area contributed by atoms with E-state index in [-0.39, 0.29) is 16.8 Å². The molecule has 0 aliphatic rings. The van der Waals surface area contributed by atoms with Gasteiger partial charge in [-0.3, -0.25) is 9.63 Å². The lowest BCUT2D eigenvalue weighted by molar-refractivity contribution is -0.0760. The molecule has 0 aliphatic carbocycles. The molecular weight excluding hydrogens is 271 g/mol. The summed E-state index contributed by atoms with van der Waals surface area (Å²) in [7, 11) is 2.90. The molecular formula is C8H8BrClN2O2. The van der Waals surface area contributed by atoms with Crippen molar-refractivity contribution in [2.75, 3.05) is 14.2 Å². The molecule has 1 amide bonds. The third-order valence-electron chi connectivity index (χ3n) is 1.58. The Labute approximate surface area is 94.9 Å². The molecule has 0 spiro atoms. The molecule has 6 heteroatoms. The highest BCUT2D eigenvalue weighted by Crippen LogP contribution is 2.20. The number of hydrogen-bond acceptors (Lipinski definition) is 3. The second-order valence-corrected chi connectivity index (χ2v) is 3.67. The number of halogens is 2. The van der Waals surface area contributed by atoms with Crippen molar-refractivity contribution < 1.29 is 9.63 Å². The third kappa shape index (κ3) is 2.43. The first-order chi connectivity index (χ1) is 6.56. The van der Waals surface area contributed by atoms with Gasteiger partial charge in [-0.2, -0.15) is 0 Å². The van der Waals surface area contributed by atoms with Gasteiger partial charge in [0.05, 0.1) is 11.6 Å². The van der Waals surface area contributed by atoms with Crippen LogP contribution in [0.3, 0.4) is 0 Å². The van der Waals surface area contributed by atoms with Crippen LogP contribution in [0.1, 0.15) is 10.5 Å². The van der Waals surface area contributed by atoms with Gasteiger partial charge in [0, 0.05) is 7.05 Å². The molecule has 4 nitrogen and oxygen atoms in total. The van der Waals surface area contributed by atoms with E-state index in [1.165, 1.54) is 14.2 Å². The summed E-state index contributed by atoms with van der Waals surface area (Å²) in [6.45, 7) is 0. The summed E-state index contributed by atoms with van der Waals surface area (Å²) in [5.74, 6) is -0.345. The minimum Gasteiger partial charge on any atom is -0.274 e. The van der Waals surface area contributed by atoms with Crippen LogP contribution in [-0.2, 0) is 4.84 Å². The number of carbonyl (C=O) groups is 1. The van der Waals surface area contributed by atoms with Crippen LogP contribution in [0.5, 0.6) is 0 Å². The summed E-state index contributed by atoms with van der Waals surface area (Å²) in [4.78, 5) is 20.1. The summed E-state index contributed by atoms with van der Waals surface area (Å²) >= 11 is 8.92. The number of nitrogens with zero attached hydrogens (tertiary/aromatic N) is 2. The Hall–Kier alpha value is -0.650. The van der Waals surface area contributed by atoms with Crippen molar-refractivity contribution in [2.24, 2.45) is 0 Å². The van der Waals surface area contributed by atoms with Crippen LogP contribution >= 0.6 is 27.5 Å². The number of carbonyl (C=O) groups excluding carboxylic acids is 1. The van der Waals surface area contributed by atoms with Crippen LogP contribution in [0, 0.1) is 0 Å². The van der Waals surface area contributed by atoms with Gasteiger partial charge in [-0.05, 0) is 28.1 Å². The molecule has 1 rings (SSSR count). The summed E-state index contributed by atoms with van der Waals surface area (Å²) < 4.78 is 0.649. The van der Waals surface area contributed by atoms with E-state index in [4.69, 9.17) is 16.4 Å². The number of aromatic nitrogens is 1. The quantitative estimate of drug-likeness (QED) is 0.615. The highest BCUT2D eigenvalue weighted by atomic mass is 79.9. The summed E-state index contributed by atoms with van der Waals surface area (Å²) in [5.41, 5.74) is 0.238. The Morgan fingerprint density at radius 2 is 2.29 bits per heavy atom. The highest BCUT2D eigenvalue weighted by Gasteiger charge is 2.13. The molecule has 0 atom stereocenters. The Morgan fingerprint density at radius 3 is 2.79 bits per heavy atom. The molecule has 14 heavy (non-hydrogen) atoms. The second-order valence-electron chi connectivity index (χ2n) is 2.45. The van der Waals surface area contributed by atoms with Crippen molar-refractivity contribution in [3.63, 3.8) is 0 Å². The Balaban J connectivity index is 2.97. The van der Waals surface area contributed by atoms with Crippen molar-refractivity contribution in [1.82, 2.24) is 10.0 Å². The Bertz CT molecular complexity index is 359. The van der Waals surface area contributed by atoms with Gasteiger partial charge in [-0.25, -0.2) is 10.0 Å². The molecule has 76 valence electrons. The predicted molar refractivity (Wildman–Crippen MR) is 56.0 cm³/mol. The van der Waals surface area contributed by atoms with E-state index >= 15 is 0 Å². The highest BCUT2D eigenvalue weighted by molar-refractivity contribution is 9.10. The second kappa shape index (κ2) is 4.72. The van der Waals surface area contributed by atoms with E-state index in [2.05, 4.69) is 20.9 Å². The summed E-state index contributed by atoms with van der Waals surface area (Å²) in [6, 6.07) is 3.22. The molecule has 0 bridgehead atoms. The van der Waals surface area contributed by atoms with Gasteiger partial charge in [-0.1, -0.05) is 11.6 Å². The van der Waals surface area contributed by atoms with Crippen molar-refractivity contribution in [3.8, 4) is 0 Å². The minimum atomic E-state index is -0.345. The van der Waals surface area contributed by atoms with Gasteiger partial charge in [0.1, 0.15) is 10.8 Å². The largest absolute Gasteiger partial charge is 0.295 e. The van der Waals surface area contributed by atoms with E-state index in [0.717, 1.165) is 5.06 Å². The molecule has 0 unspecified atom stereocenters. The van der Waals surface area contributed by atoms with Crippen LogP contribution in [-0.4, -0.2) is 30.1 Å². The maximum absolute atomic E-state index is 11.5. The maximum atomic E-state index is 11.5. The Kier molecular flexibility index (Phi) is 3.86. The minimum absolute atomic E-state index is 0.238. The van der Waals surface area contributed by atoms with Crippen molar-refractivity contribution >= 4 is 33.4 Å². The number of hydrogen-bond donors (Lipinski definition) is 0. The Morgan fingerprint density at radius 1 is 1.64 bits per heavy atom. The fourth-order valence-corrected chi connectivity index (χ4v) is 1.16. The van der Waals surface area contributed by atoms with Crippen LogP contribution < -0.4 is 0 Å². The fraction of sp³-hybridized carbons (Fsp3) is 0.250. The molecule has 0 N–H and O–H groups in total. The van der Waals surface area contributed by atoms with E-state index in [9.17, 15) is 4.79 Å². The molecule has 0 aliphatic heterocycles. The third-order valence-corrected chi connectivity index (χ3v) is 2.74. The lowest BCUT2D eigenvalue weighted by atomic mass is 10.3. The molecule has 1 heterocycles. The first-order valence-electron chi connectivity index (χ1n) is 3.70. The van der Waals surface area contributed by atoms with E-state index in [1.807, 2.05) is 0 Å². The molecule has 0 saturated carbocycles. The lowest BCUT2D eigenvalue weighted by Crippen LogP contribution is -2.26. The van der Waals surface area contributed by atoms with Gasteiger partial charge in [-0.15, -0.1) is 0 Å². The zero-order chi connectivity index (χ0) is 10.7. The molecule has 0 aromatic carbocycles. The van der Waals surface area contributed by atoms with Crippen LogP contribution in [0.15, 0.2) is 16.6 Å². The zero-order valence-corrected chi connectivity index (χ0v) is 9.96. The lowest BCUT2D eigenvalue weighted by Gasteiger charge is -2.12. The normalized spacial score (nSPS) is 10.0. The van der Waals surface area contributed by atoms with E-state index < -0.39 is 0 Å². The van der Waals surface area contributed by atoms with Crippen LogP contribution in [0.2, 0.25) is 5.15 Å². The summed E-state index contributed by atoms with van der Waals surface area (Å²) in [5, 5.41) is 1.33. The van der Waals surface area contributed by atoms with Gasteiger partial charge in [0.15, 0.2) is 0 Å². The first-order valence-corrected chi connectivity index (χ1v) is 4.87. The van der Waals surface area contributed by atoms with Crippen LogP contribution in [0.4, 0.5) is 0 Å². The summed E-state index contributed by atoms with van der Waals surface area (Å²) in [6.07, 6.45) is 0. The van der Waals surface area contributed by atoms with E-state index in [1.54, 1.807) is 12.1 Å². The monoisotopic (exact) mass is 278 g/mol. The van der Waals surface area contributed by atoms with E-state index in [0.29, 0.717) is 4.47 Å². The van der Waals surface area contributed by atoms with Crippen molar-refractivity contribution in [2.45, 2.75) is 0 Å². The smallest absolute Gasteiger partial charge is 0.274 e. The molecule has 0 saturated heterocycles. The van der Waals surface area contributed by atoms with Crippen LogP contribution in [0.25, 0.3) is 0 Å². The fourth-order valence-electron chi connectivity index (χ4n) is 0.781. The van der Waals surface area contributed by atoms with Gasteiger partial charge >= 0.3 is 0 Å². The standard InChI is InChI=1S/C8H8BrClN2O2/c1-12(14-2)8(13)6-4-3-5(9)7(10)11-6/h3-4H,1-2H3. The zero-order valence-electron chi connectivity index (χ0n) is 7.62. The molecule has 0 fully saturated rings. The van der Waals surface area contributed by atoms with Gasteiger partial charge in [0.25, 0.3) is 5.91 Å².